The highest BCUT2D eigenvalue weighted by atomic mass is 19.4. The first-order chi connectivity index (χ1) is 18.9. The first kappa shape index (κ1) is 32.0. The summed E-state index contributed by atoms with van der Waals surface area (Å²) in [6.45, 7) is 6.74. The Morgan fingerprint density at radius 2 is 1.90 bits per heavy atom. The number of allylic oxidation sites excluding steroid dienone is 8. The van der Waals surface area contributed by atoms with Gasteiger partial charge in [0.2, 0.25) is 0 Å². The van der Waals surface area contributed by atoms with Crippen molar-refractivity contribution in [1.29, 1.82) is 5.53 Å². The molecule has 1 aromatic heterocycles. The summed E-state index contributed by atoms with van der Waals surface area (Å²) in [6.07, 6.45) is 4.40. The highest BCUT2D eigenvalue weighted by Gasteiger charge is 2.32. The van der Waals surface area contributed by atoms with Crippen LogP contribution in [0.3, 0.4) is 0 Å². The molecule has 0 radical (unpaired) electrons. The average Bonchev–Trinajstić information content (AvgIpc) is 2.92. The van der Waals surface area contributed by atoms with Crippen LogP contribution in [0.2, 0.25) is 0 Å². The summed E-state index contributed by atoms with van der Waals surface area (Å²) in [4.78, 5) is 22.8. The molecule has 0 bridgehead atoms. The summed E-state index contributed by atoms with van der Waals surface area (Å²) < 4.78 is 54.8. The summed E-state index contributed by atoms with van der Waals surface area (Å²) in [5.74, 6) is -1.85. The number of piperazine rings is 1. The number of carbonyl (C=O) groups excluding carboxylic acids is 1. The fraction of sp³-hybridized carbons (Fsp3) is 0.333. The number of aromatic nitrogens is 1. The topological polar surface area (TPSA) is 128 Å². The van der Waals surface area contributed by atoms with Crippen LogP contribution in [0.1, 0.15) is 11.6 Å². The molecule has 0 spiro atoms. The first-order valence-electron chi connectivity index (χ1n) is 12.2. The van der Waals surface area contributed by atoms with Crippen LogP contribution in [-0.2, 0) is 4.79 Å². The Morgan fingerprint density at radius 1 is 1.23 bits per heavy atom. The second-order valence-electron chi connectivity index (χ2n) is 9.07. The van der Waals surface area contributed by atoms with E-state index in [9.17, 15) is 18.0 Å². The first-order valence-corrected chi connectivity index (χ1v) is 12.2. The lowest BCUT2D eigenvalue weighted by Crippen LogP contribution is -2.44. The zero-order valence-electron chi connectivity index (χ0n) is 22.4. The molecule has 5 N–H and O–H groups in total. The Balaban J connectivity index is 2.36. The predicted octanol–water partition coefficient (Wildman–Crippen LogP) is 4.13. The molecule has 40 heavy (non-hydrogen) atoms. The second kappa shape index (κ2) is 14.8. The van der Waals surface area contributed by atoms with Gasteiger partial charge in [-0.2, -0.15) is 18.3 Å². The van der Waals surface area contributed by atoms with Crippen LogP contribution in [0, 0.1) is 5.53 Å². The summed E-state index contributed by atoms with van der Waals surface area (Å²) in [6, 6.07) is 1.08. The highest BCUT2D eigenvalue weighted by molar-refractivity contribution is 6.06. The van der Waals surface area contributed by atoms with E-state index in [1.807, 2.05) is 13.1 Å². The van der Waals surface area contributed by atoms with Gasteiger partial charge in [0.25, 0.3) is 0 Å². The minimum atomic E-state index is -4.78. The van der Waals surface area contributed by atoms with Crippen molar-refractivity contribution in [3.05, 3.63) is 96.1 Å². The van der Waals surface area contributed by atoms with E-state index < -0.39 is 35.0 Å². The minimum absolute atomic E-state index is 0.0455. The molecular weight excluding hydrogens is 528 g/mol. The van der Waals surface area contributed by atoms with Crippen molar-refractivity contribution >= 4 is 11.5 Å². The van der Waals surface area contributed by atoms with E-state index in [0.717, 1.165) is 50.2 Å². The molecule has 0 saturated carbocycles. The maximum Gasteiger partial charge on any atom is 0.416 e. The van der Waals surface area contributed by atoms with Crippen LogP contribution in [0.15, 0.2) is 95.6 Å². The number of ketones is 1. The maximum absolute atomic E-state index is 15.1. The number of carbonyl (C=O) groups is 1. The van der Waals surface area contributed by atoms with E-state index in [1.54, 1.807) is 12.4 Å². The fourth-order valence-corrected chi connectivity index (χ4v) is 3.83. The van der Waals surface area contributed by atoms with Gasteiger partial charge in [0.15, 0.2) is 5.78 Å². The van der Waals surface area contributed by atoms with Gasteiger partial charge in [0.1, 0.15) is 11.9 Å². The van der Waals surface area contributed by atoms with Gasteiger partial charge in [-0.25, -0.2) is 9.92 Å². The molecule has 1 atom stereocenters. The van der Waals surface area contributed by atoms with Gasteiger partial charge in [-0.3, -0.25) is 9.78 Å². The largest absolute Gasteiger partial charge is 0.416 e. The van der Waals surface area contributed by atoms with E-state index in [1.165, 1.54) is 18.0 Å². The van der Waals surface area contributed by atoms with E-state index in [-0.39, 0.29) is 12.2 Å². The normalized spacial score (nSPS) is 16.9. The Bertz CT molecular complexity index is 1210. The van der Waals surface area contributed by atoms with E-state index in [4.69, 9.17) is 17.0 Å². The summed E-state index contributed by atoms with van der Waals surface area (Å²) in [7, 11) is 3.51. The third-order valence-corrected chi connectivity index (χ3v) is 6.13. The van der Waals surface area contributed by atoms with Crippen LogP contribution >= 0.6 is 0 Å². The number of halogens is 4. The molecule has 1 saturated heterocycles. The molecule has 9 nitrogen and oxygen atoms in total. The fourth-order valence-electron chi connectivity index (χ4n) is 3.83. The zero-order valence-corrected chi connectivity index (χ0v) is 22.4. The number of nitrogens with one attached hydrogen (secondary N) is 1. The van der Waals surface area contributed by atoms with Crippen molar-refractivity contribution in [2.75, 3.05) is 51.7 Å². The van der Waals surface area contributed by atoms with Gasteiger partial charge < -0.3 is 26.2 Å². The molecule has 1 aromatic rings. The standard InChI is InChI=1S/C27H34F4N8O/c1-19(13-21(6-8-33)27(29,30)31)26(40)15-25(23(28)5-4-7-32)38(3)18-24(36-34)20-14-22(17-35-16-20)39-11-9-37(2)10-12-39/h4-8,13-17,24,34H,1,9-12,18,32-33H2,2-3H3/b7-4+,8-6-,21-13+,23-5+,25-15+,36-34?. The molecule has 13 heteroatoms. The van der Waals surface area contributed by atoms with Gasteiger partial charge >= 0.3 is 6.18 Å². The van der Waals surface area contributed by atoms with Gasteiger partial charge in [-0.1, -0.05) is 6.58 Å². The molecule has 1 unspecified atom stereocenters. The number of nitrogens with two attached hydrogens (primary N) is 2. The van der Waals surface area contributed by atoms with Gasteiger partial charge in [0.05, 0.1) is 23.2 Å². The third-order valence-electron chi connectivity index (χ3n) is 6.13. The molecular formula is C27H34F4N8O. The summed E-state index contributed by atoms with van der Waals surface area (Å²) >= 11 is 0. The third kappa shape index (κ3) is 9.19. The maximum atomic E-state index is 15.1. The molecule has 2 rings (SSSR count). The van der Waals surface area contributed by atoms with Crippen molar-refractivity contribution in [3.63, 3.8) is 0 Å². The van der Waals surface area contributed by atoms with Crippen molar-refractivity contribution < 1.29 is 22.4 Å². The Hall–Kier alpha value is -4.26. The van der Waals surface area contributed by atoms with Crippen molar-refractivity contribution in [2.45, 2.75) is 12.2 Å². The zero-order chi connectivity index (χ0) is 29.9. The number of anilines is 1. The Morgan fingerprint density at radius 3 is 2.48 bits per heavy atom. The molecule has 1 aliphatic rings. The molecule has 0 aromatic carbocycles. The van der Waals surface area contributed by atoms with Crippen molar-refractivity contribution in [1.82, 2.24) is 14.8 Å². The number of likely N-dealkylation sites (N-methyl/N-ethyl adjacent to an activating group) is 2. The number of nitrogens with zero attached hydrogens (tertiary/aromatic N) is 5. The Kier molecular flexibility index (Phi) is 11.8. The SMILES string of the molecule is C=C(/C=C(\C=C/N)C(F)(F)F)C(=O)\C=C(/C(F)=C\C=C\N)N(C)CC(N=N)c1cncc(N2CCN(C)CC2)c1. The number of hydrogen-bond donors (Lipinski definition) is 3. The Labute approximate surface area is 231 Å². The lowest BCUT2D eigenvalue weighted by atomic mass is 10.1. The molecule has 1 fully saturated rings. The van der Waals surface area contributed by atoms with E-state index in [0.29, 0.717) is 23.9 Å². The van der Waals surface area contributed by atoms with Crippen LogP contribution in [-0.4, -0.2) is 73.6 Å². The van der Waals surface area contributed by atoms with Crippen LogP contribution in [0.4, 0.5) is 23.2 Å². The van der Waals surface area contributed by atoms with Crippen molar-refractivity contribution in [3.8, 4) is 0 Å². The van der Waals surface area contributed by atoms with Gasteiger partial charge in [-0.05, 0) is 49.8 Å². The lowest BCUT2D eigenvalue weighted by molar-refractivity contribution is -0.111. The molecule has 0 aliphatic carbocycles. The second-order valence-corrected chi connectivity index (χ2v) is 9.07. The van der Waals surface area contributed by atoms with Crippen LogP contribution in [0.5, 0.6) is 0 Å². The van der Waals surface area contributed by atoms with Gasteiger partial charge in [-0.15, -0.1) is 0 Å². The minimum Gasteiger partial charge on any atom is -0.405 e. The molecule has 1 aliphatic heterocycles. The smallest absolute Gasteiger partial charge is 0.405 e. The molecule has 2 heterocycles. The molecule has 0 amide bonds. The highest BCUT2D eigenvalue weighted by Crippen LogP contribution is 2.29. The molecule has 216 valence electrons. The van der Waals surface area contributed by atoms with Gasteiger partial charge in [0, 0.05) is 63.2 Å². The number of pyridine rings is 1. The van der Waals surface area contributed by atoms with Crippen LogP contribution in [0.25, 0.3) is 0 Å². The summed E-state index contributed by atoms with van der Waals surface area (Å²) in [5, 5.41) is 3.68. The van der Waals surface area contributed by atoms with Crippen molar-refractivity contribution in [2.24, 2.45) is 16.6 Å². The van der Waals surface area contributed by atoms with E-state index in [2.05, 4.69) is 26.5 Å². The quantitative estimate of drug-likeness (QED) is 0.151. The summed E-state index contributed by atoms with van der Waals surface area (Å²) in [5.41, 5.74) is 17.6. The number of hydrogen-bond acceptors (Lipinski definition) is 9. The number of alkyl halides is 3. The van der Waals surface area contributed by atoms with E-state index >= 15 is 4.39 Å². The monoisotopic (exact) mass is 562 g/mol. The van der Waals surface area contributed by atoms with Crippen LogP contribution < -0.4 is 16.4 Å². The average molecular weight is 563 g/mol. The number of rotatable bonds is 12. The predicted molar refractivity (Wildman–Crippen MR) is 147 cm³/mol. The lowest BCUT2D eigenvalue weighted by Gasteiger charge is -2.34.